The summed E-state index contributed by atoms with van der Waals surface area (Å²) < 4.78 is 44.9. The van der Waals surface area contributed by atoms with E-state index in [-0.39, 0.29) is 18.4 Å². The number of carbonyl (C=O) groups is 2. The topological polar surface area (TPSA) is 83.6 Å². The lowest BCUT2D eigenvalue weighted by Gasteiger charge is -2.25. The van der Waals surface area contributed by atoms with Gasteiger partial charge in [-0.15, -0.1) is 0 Å². The number of benzene rings is 1. The Balaban J connectivity index is 0.000000412. The minimum Gasteiger partial charge on any atom is -0.475 e. The first-order chi connectivity index (χ1) is 11.9. The van der Waals surface area contributed by atoms with Crippen LogP contribution < -0.4 is 5.73 Å². The monoisotopic (exact) mass is 398 g/mol. The summed E-state index contributed by atoms with van der Waals surface area (Å²) >= 11 is 5.93. The van der Waals surface area contributed by atoms with Gasteiger partial charge in [0.1, 0.15) is 6.17 Å². The van der Waals surface area contributed by atoms with Crippen LogP contribution >= 0.6 is 11.6 Å². The first-order valence-electron chi connectivity index (χ1n) is 7.67. The van der Waals surface area contributed by atoms with Crippen molar-refractivity contribution in [3.8, 4) is 0 Å². The van der Waals surface area contributed by atoms with Gasteiger partial charge < -0.3 is 15.7 Å². The summed E-state index contributed by atoms with van der Waals surface area (Å²) in [5.74, 6) is -3.09. The highest BCUT2D eigenvalue weighted by molar-refractivity contribution is 6.30. The van der Waals surface area contributed by atoms with Gasteiger partial charge in [0.2, 0.25) is 5.91 Å². The van der Waals surface area contributed by atoms with Gasteiger partial charge in [-0.05, 0) is 24.1 Å². The molecule has 1 aromatic carbocycles. The summed E-state index contributed by atoms with van der Waals surface area (Å²) in [5, 5.41) is 7.74. The summed E-state index contributed by atoms with van der Waals surface area (Å²) in [6.07, 6.45) is -5.60. The van der Waals surface area contributed by atoms with Crippen molar-refractivity contribution in [1.29, 1.82) is 0 Å². The number of rotatable bonds is 3. The predicted octanol–water partition coefficient (Wildman–Crippen LogP) is 2.97. The van der Waals surface area contributed by atoms with E-state index in [1.165, 1.54) is 4.90 Å². The molecule has 1 amide bonds. The van der Waals surface area contributed by atoms with Crippen LogP contribution in [-0.4, -0.2) is 53.4 Å². The fourth-order valence-electron chi connectivity index (χ4n) is 2.34. The zero-order valence-electron chi connectivity index (χ0n) is 13.8. The molecular weight excluding hydrogens is 380 g/mol. The van der Waals surface area contributed by atoms with Crippen LogP contribution in [0.25, 0.3) is 0 Å². The second-order valence-electron chi connectivity index (χ2n) is 5.84. The molecule has 0 aromatic heterocycles. The van der Waals surface area contributed by atoms with E-state index >= 15 is 0 Å². The maximum Gasteiger partial charge on any atom is 0.490 e. The van der Waals surface area contributed by atoms with E-state index in [4.69, 9.17) is 27.2 Å². The molecule has 1 aliphatic rings. The first kappa shape index (κ1) is 22.2. The Bertz CT molecular complexity index is 642. The molecule has 1 saturated heterocycles. The van der Waals surface area contributed by atoms with Gasteiger partial charge in [0.15, 0.2) is 0 Å². The Morgan fingerprint density at radius 3 is 2.38 bits per heavy atom. The lowest BCUT2D eigenvalue weighted by atomic mass is 9.93. The average molecular weight is 399 g/mol. The predicted molar refractivity (Wildman–Crippen MR) is 87.6 cm³/mol. The minimum absolute atomic E-state index is 0.148. The lowest BCUT2D eigenvalue weighted by molar-refractivity contribution is -0.192. The Morgan fingerprint density at radius 2 is 1.96 bits per heavy atom. The average Bonchev–Trinajstić information content (AvgIpc) is 2.99. The van der Waals surface area contributed by atoms with E-state index in [9.17, 15) is 22.4 Å². The molecule has 0 unspecified atom stereocenters. The van der Waals surface area contributed by atoms with E-state index in [2.05, 4.69) is 0 Å². The minimum atomic E-state index is -5.08. The van der Waals surface area contributed by atoms with Gasteiger partial charge in [-0.25, -0.2) is 9.18 Å². The Labute approximate surface area is 152 Å². The van der Waals surface area contributed by atoms with Gasteiger partial charge in [0.25, 0.3) is 0 Å². The molecule has 1 aliphatic heterocycles. The highest BCUT2D eigenvalue weighted by Crippen LogP contribution is 2.23. The van der Waals surface area contributed by atoms with E-state index in [0.717, 1.165) is 5.56 Å². The van der Waals surface area contributed by atoms with Crippen molar-refractivity contribution in [1.82, 2.24) is 4.90 Å². The van der Waals surface area contributed by atoms with Gasteiger partial charge in [0.05, 0.1) is 12.6 Å². The number of hydrogen-bond acceptors (Lipinski definition) is 3. The second-order valence-corrected chi connectivity index (χ2v) is 6.28. The summed E-state index contributed by atoms with van der Waals surface area (Å²) in [4.78, 5) is 22.6. The van der Waals surface area contributed by atoms with E-state index in [1.54, 1.807) is 12.1 Å². The highest BCUT2D eigenvalue weighted by atomic mass is 35.5. The molecule has 1 heterocycles. The maximum atomic E-state index is 13.1. The molecular formula is C16H19ClF4N2O3. The van der Waals surface area contributed by atoms with Crippen molar-refractivity contribution < 1.29 is 32.3 Å². The van der Waals surface area contributed by atoms with E-state index in [0.29, 0.717) is 18.0 Å². The van der Waals surface area contributed by atoms with Crippen molar-refractivity contribution >= 4 is 23.5 Å². The fraction of sp³-hybridized carbons (Fsp3) is 0.500. The van der Waals surface area contributed by atoms with Crippen LogP contribution in [0.3, 0.4) is 0 Å². The van der Waals surface area contributed by atoms with Gasteiger partial charge in [-0.3, -0.25) is 4.79 Å². The summed E-state index contributed by atoms with van der Waals surface area (Å²) in [7, 11) is 0. The van der Waals surface area contributed by atoms with Crippen molar-refractivity contribution in [2.75, 3.05) is 13.1 Å². The number of alkyl halides is 4. The number of halogens is 5. The molecule has 3 N–H and O–H groups in total. The molecule has 146 valence electrons. The van der Waals surface area contributed by atoms with Crippen molar-refractivity contribution in [3.63, 3.8) is 0 Å². The largest absolute Gasteiger partial charge is 0.490 e. The highest BCUT2D eigenvalue weighted by Gasteiger charge is 2.38. The summed E-state index contributed by atoms with van der Waals surface area (Å²) in [6.45, 7) is 2.50. The third-order valence-corrected chi connectivity index (χ3v) is 4.12. The molecule has 0 radical (unpaired) electrons. The Hall–Kier alpha value is -1.87. The first-order valence-corrected chi connectivity index (χ1v) is 8.05. The fourth-order valence-corrected chi connectivity index (χ4v) is 2.54. The lowest BCUT2D eigenvalue weighted by Crippen LogP contribution is -2.45. The molecule has 26 heavy (non-hydrogen) atoms. The van der Waals surface area contributed by atoms with Crippen molar-refractivity contribution in [2.24, 2.45) is 5.73 Å². The summed E-state index contributed by atoms with van der Waals surface area (Å²) in [6, 6.07) is 6.65. The number of carboxylic acids is 1. The number of hydrogen-bond donors (Lipinski definition) is 2. The molecule has 10 heteroatoms. The molecule has 0 aliphatic carbocycles. The normalized spacial score (nSPS) is 19.3. The van der Waals surface area contributed by atoms with Gasteiger partial charge in [-0.1, -0.05) is 30.7 Å². The molecule has 3 atom stereocenters. The van der Waals surface area contributed by atoms with Crippen LogP contribution in [0.2, 0.25) is 5.02 Å². The molecule has 0 spiro atoms. The van der Waals surface area contributed by atoms with Gasteiger partial charge in [-0.2, -0.15) is 13.2 Å². The van der Waals surface area contributed by atoms with Crippen LogP contribution in [0.15, 0.2) is 24.3 Å². The van der Waals surface area contributed by atoms with Gasteiger partial charge in [0, 0.05) is 17.5 Å². The third kappa shape index (κ3) is 6.45. The third-order valence-electron chi connectivity index (χ3n) is 3.88. The van der Waals surface area contributed by atoms with Crippen molar-refractivity contribution in [3.05, 3.63) is 34.9 Å². The van der Waals surface area contributed by atoms with Crippen LogP contribution in [0, 0.1) is 0 Å². The standard InChI is InChI=1S/C14H18ClFN2O.C2HF3O2/c1-9(10-3-2-4-11(15)7-10)13(17)14(19)18-6-5-12(16)8-18;3-2(4,5)1(6)7/h2-4,7,9,12-13H,5-6,8,17H2,1H3;(H,6,7)/t9-,12-,13-;/m0./s1. The van der Waals surface area contributed by atoms with Gasteiger partial charge >= 0.3 is 12.1 Å². The van der Waals surface area contributed by atoms with Crippen molar-refractivity contribution in [2.45, 2.75) is 37.7 Å². The SMILES string of the molecule is C[C@@H](c1cccc(Cl)c1)[C@H](N)C(=O)N1CC[C@H](F)C1.O=C(O)C(F)(F)F. The van der Waals surface area contributed by atoms with E-state index in [1.807, 2.05) is 19.1 Å². The second kappa shape index (κ2) is 9.18. The maximum absolute atomic E-state index is 13.1. The number of amides is 1. The molecule has 0 saturated carbocycles. The summed E-state index contributed by atoms with van der Waals surface area (Å²) in [5.41, 5.74) is 6.93. The van der Waals surface area contributed by atoms with Crippen LogP contribution in [0.5, 0.6) is 0 Å². The van der Waals surface area contributed by atoms with Crippen LogP contribution in [0.1, 0.15) is 24.8 Å². The number of carboxylic acid groups (broad SMARTS) is 1. The quantitative estimate of drug-likeness (QED) is 0.767. The molecule has 1 fully saturated rings. The zero-order valence-corrected chi connectivity index (χ0v) is 14.6. The molecule has 1 aromatic rings. The number of nitrogens with zero attached hydrogens (tertiary/aromatic N) is 1. The number of carbonyl (C=O) groups excluding carboxylic acids is 1. The van der Waals surface area contributed by atoms with Crippen LogP contribution in [0.4, 0.5) is 17.6 Å². The number of aliphatic carboxylic acids is 1. The Morgan fingerprint density at radius 1 is 1.38 bits per heavy atom. The Kier molecular flexibility index (Phi) is 7.83. The smallest absolute Gasteiger partial charge is 0.475 e. The molecule has 0 bridgehead atoms. The zero-order chi connectivity index (χ0) is 20.1. The molecule has 2 rings (SSSR count). The molecule has 5 nitrogen and oxygen atoms in total. The number of likely N-dealkylation sites (tertiary alicyclic amines) is 1. The van der Waals surface area contributed by atoms with Crippen LogP contribution in [-0.2, 0) is 9.59 Å². The van der Waals surface area contributed by atoms with E-state index < -0.39 is 24.4 Å². The number of nitrogens with two attached hydrogens (primary N) is 1.